The predicted octanol–water partition coefficient (Wildman–Crippen LogP) is -0.302. The third-order valence-electron chi connectivity index (χ3n) is 2.43. The van der Waals surface area contributed by atoms with Crippen molar-refractivity contribution in [3.63, 3.8) is 0 Å². The second-order valence-corrected chi connectivity index (χ2v) is 4.17. The van der Waals surface area contributed by atoms with Crippen molar-refractivity contribution in [2.75, 3.05) is 20.3 Å². The molecule has 10 heteroatoms. The first-order valence-corrected chi connectivity index (χ1v) is 6.41. The summed E-state index contributed by atoms with van der Waals surface area (Å²) in [6.45, 7) is -1.27. The van der Waals surface area contributed by atoms with Crippen LogP contribution in [0.2, 0.25) is 0 Å². The molecule has 0 aromatic heterocycles. The molecular formula is C14H14O10. The molecule has 0 fully saturated rings. The third kappa shape index (κ3) is 6.22. The Morgan fingerprint density at radius 2 is 1.58 bits per heavy atom. The van der Waals surface area contributed by atoms with Crippen LogP contribution in [0, 0.1) is 0 Å². The summed E-state index contributed by atoms with van der Waals surface area (Å²) in [6, 6.07) is 5.35. The summed E-state index contributed by atoms with van der Waals surface area (Å²) in [5.41, 5.74) is 0. The van der Waals surface area contributed by atoms with Crippen molar-refractivity contribution in [2.24, 2.45) is 0 Å². The summed E-state index contributed by atoms with van der Waals surface area (Å²) < 4.78 is 18.7. The fourth-order valence-corrected chi connectivity index (χ4v) is 1.38. The van der Waals surface area contributed by atoms with E-state index in [1.165, 1.54) is 24.3 Å². The summed E-state index contributed by atoms with van der Waals surface area (Å²) in [7, 11) is 1.03. The van der Waals surface area contributed by atoms with E-state index in [9.17, 15) is 19.2 Å². The van der Waals surface area contributed by atoms with Crippen molar-refractivity contribution in [1.29, 1.82) is 0 Å². The van der Waals surface area contributed by atoms with Gasteiger partial charge in [-0.1, -0.05) is 0 Å². The number of carboxylic acid groups (broad SMARTS) is 2. The molecule has 1 atom stereocenters. The van der Waals surface area contributed by atoms with Gasteiger partial charge >= 0.3 is 23.9 Å². The number of rotatable bonds is 9. The highest BCUT2D eigenvalue weighted by Crippen LogP contribution is 2.19. The van der Waals surface area contributed by atoms with Crippen molar-refractivity contribution in [2.45, 2.75) is 6.10 Å². The van der Waals surface area contributed by atoms with E-state index in [2.05, 4.69) is 9.47 Å². The summed E-state index contributed by atoms with van der Waals surface area (Å²) in [5, 5.41) is 17.2. The molecule has 130 valence electrons. The average molecular weight is 342 g/mol. The van der Waals surface area contributed by atoms with Crippen LogP contribution in [-0.2, 0) is 28.7 Å². The molecule has 1 aromatic rings. The molecule has 0 saturated carbocycles. The van der Waals surface area contributed by atoms with E-state index >= 15 is 0 Å². The molecule has 0 aliphatic rings. The van der Waals surface area contributed by atoms with Crippen molar-refractivity contribution >= 4 is 23.9 Å². The van der Waals surface area contributed by atoms with Crippen LogP contribution in [0.25, 0.3) is 0 Å². The van der Waals surface area contributed by atoms with Crippen LogP contribution in [0.4, 0.5) is 0 Å². The van der Waals surface area contributed by atoms with Crippen LogP contribution in [-0.4, -0.2) is 60.5 Å². The molecule has 0 radical (unpaired) electrons. The molecule has 2 N–H and O–H groups in total. The molecule has 10 nitrogen and oxygen atoms in total. The number of carboxylic acids is 2. The zero-order valence-electron chi connectivity index (χ0n) is 12.5. The molecule has 0 unspecified atom stereocenters. The van der Waals surface area contributed by atoms with E-state index in [4.69, 9.17) is 19.7 Å². The van der Waals surface area contributed by atoms with E-state index in [0.29, 0.717) is 0 Å². The molecule has 0 saturated heterocycles. The lowest BCUT2D eigenvalue weighted by atomic mass is 10.3. The normalized spacial score (nSPS) is 11.0. The highest BCUT2D eigenvalue weighted by Gasteiger charge is 2.29. The smallest absolute Gasteiger partial charge is 0.359 e. The van der Waals surface area contributed by atoms with Crippen LogP contribution in [0.3, 0.4) is 0 Å². The van der Waals surface area contributed by atoms with E-state index < -0.39 is 43.2 Å². The SMILES string of the molecule is COC(=O)[C@H](Oc1ccc(OCC(=O)OCC(=O)O)cc1)C(=O)O. The van der Waals surface area contributed by atoms with Gasteiger partial charge in [0.2, 0.25) is 0 Å². The van der Waals surface area contributed by atoms with Gasteiger partial charge in [-0.3, -0.25) is 0 Å². The first-order valence-electron chi connectivity index (χ1n) is 6.41. The highest BCUT2D eigenvalue weighted by molar-refractivity contribution is 5.97. The second kappa shape index (κ2) is 8.98. The molecule has 24 heavy (non-hydrogen) atoms. The zero-order valence-corrected chi connectivity index (χ0v) is 12.5. The van der Waals surface area contributed by atoms with Gasteiger partial charge in [0.1, 0.15) is 11.5 Å². The maximum atomic E-state index is 11.3. The van der Waals surface area contributed by atoms with Crippen LogP contribution >= 0.6 is 0 Å². The van der Waals surface area contributed by atoms with Crippen molar-refractivity contribution in [3.05, 3.63) is 24.3 Å². The van der Waals surface area contributed by atoms with Gasteiger partial charge < -0.3 is 29.2 Å². The van der Waals surface area contributed by atoms with Crippen molar-refractivity contribution in [3.8, 4) is 11.5 Å². The number of hydrogen-bond acceptors (Lipinski definition) is 8. The Morgan fingerprint density at radius 3 is 2.08 bits per heavy atom. The van der Waals surface area contributed by atoms with Crippen molar-refractivity contribution in [1.82, 2.24) is 0 Å². The van der Waals surface area contributed by atoms with Gasteiger partial charge in [0.15, 0.2) is 13.2 Å². The van der Waals surface area contributed by atoms with Gasteiger partial charge in [0, 0.05) is 0 Å². The summed E-state index contributed by atoms with van der Waals surface area (Å²) >= 11 is 0. The van der Waals surface area contributed by atoms with Gasteiger partial charge in [-0.2, -0.15) is 0 Å². The van der Waals surface area contributed by atoms with Crippen LogP contribution in [0.1, 0.15) is 0 Å². The van der Waals surface area contributed by atoms with E-state index in [-0.39, 0.29) is 11.5 Å². The topological polar surface area (TPSA) is 146 Å². The Labute approximate surface area is 135 Å². The molecule has 0 amide bonds. The second-order valence-electron chi connectivity index (χ2n) is 4.17. The minimum atomic E-state index is -1.81. The lowest BCUT2D eigenvalue weighted by Gasteiger charge is -2.13. The Kier molecular flexibility index (Phi) is 7.01. The Hall–Kier alpha value is -3.30. The number of methoxy groups -OCH3 is 1. The monoisotopic (exact) mass is 342 g/mol. The number of benzene rings is 1. The summed E-state index contributed by atoms with van der Waals surface area (Å²) in [6.07, 6.45) is -1.81. The molecule has 0 aliphatic heterocycles. The van der Waals surface area contributed by atoms with Gasteiger partial charge in [-0.15, -0.1) is 0 Å². The van der Waals surface area contributed by atoms with E-state index in [1.54, 1.807) is 0 Å². The first-order chi connectivity index (χ1) is 11.3. The highest BCUT2D eigenvalue weighted by atomic mass is 16.6. The number of hydrogen-bond donors (Lipinski definition) is 2. The van der Waals surface area contributed by atoms with Crippen molar-refractivity contribution < 1.29 is 48.3 Å². The van der Waals surface area contributed by atoms with Gasteiger partial charge in [-0.25, -0.2) is 19.2 Å². The molecule has 0 heterocycles. The molecule has 0 bridgehead atoms. The van der Waals surface area contributed by atoms with E-state index in [0.717, 1.165) is 7.11 Å². The standard InChI is InChI=1S/C14H14O10/c1-21-14(20)12(13(18)19)24-9-4-2-8(3-5-9)22-7-11(17)23-6-10(15)16/h2-5,12H,6-7H2,1H3,(H,15,16)(H,18,19)/t12-/m1/s1. The predicted molar refractivity (Wildman–Crippen MR) is 74.6 cm³/mol. The van der Waals surface area contributed by atoms with Gasteiger partial charge in [0.25, 0.3) is 6.10 Å². The minimum absolute atomic E-state index is 0.0635. The fraction of sp³-hybridized carbons (Fsp3) is 0.286. The van der Waals surface area contributed by atoms with Gasteiger partial charge in [0.05, 0.1) is 7.11 Å². The lowest BCUT2D eigenvalue weighted by Crippen LogP contribution is -2.36. The minimum Gasteiger partial charge on any atom is -0.482 e. The molecule has 1 aromatic carbocycles. The molecule has 1 rings (SSSR count). The quantitative estimate of drug-likeness (QED) is 0.453. The maximum Gasteiger partial charge on any atom is 0.359 e. The van der Waals surface area contributed by atoms with Crippen LogP contribution < -0.4 is 9.47 Å². The first kappa shape index (κ1) is 18.7. The fourth-order valence-electron chi connectivity index (χ4n) is 1.38. The Morgan fingerprint density at radius 1 is 1.00 bits per heavy atom. The number of ether oxygens (including phenoxy) is 4. The summed E-state index contributed by atoms with van der Waals surface area (Å²) in [5.74, 6) is -4.45. The molecule has 0 aliphatic carbocycles. The third-order valence-corrected chi connectivity index (χ3v) is 2.43. The lowest BCUT2D eigenvalue weighted by molar-refractivity contribution is -0.161. The van der Waals surface area contributed by atoms with Crippen LogP contribution in [0.15, 0.2) is 24.3 Å². The Balaban J connectivity index is 2.56. The number of carbonyl (C=O) groups excluding carboxylic acids is 2. The zero-order chi connectivity index (χ0) is 18.1. The number of aliphatic carboxylic acids is 2. The molecular weight excluding hydrogens is 328 g/mol. The van der Waals surface area contributed by atoms with Crippen LogP contribution in [0.5, 0.6) is 11.5 Å². The Bertz CT molecular complexity index is 606. The molecule has 0 spiro atoms. The average Bonchev–Trinajstić information content (AvgIpc) is 2.56. The maximum absolute atomic E-state index is 11.3. The largest absolute Gasteiger partial charge is 0.482 e. The van der Waals surface area contributed by atoms with E-state index in [1.807, 2.05) is 0 Å². The van der Waals surface area contributed by atoms with Gasteiger partial charge in [-0.05, 0) is 24.3 Å². The summed E-state index contributed by atoms with van der Waals surface area (Å²) in [4.78, 5) is 43.6. The number of carbonyl (C=O) groups is 4. The number of esters is 2.